The molecule has 4 rings (SSSR count). The molecule has 0 bridgehead atoms. The summed E-state index contributed by atoms with van der Waals surface area (Å²) in [5, 5.41) is 11.5. The molecule has 0 aromatic carbocycles. The number of aliphatic hydroxyl groups is 1. The Hall–Kier alpha value is -1.99. The number of hydrogen-bond donors (Lipinski definition) is 1. The van der Waals surface area contributed by atoms with Crippen molar-refractivity contribution in [2.75, 3.05) is 31.1 Å². The Bertz CT molecular complexity index is 750. The molecular formula is C18H22N4O2S. The quantitative estimate of drug-likeness (QED) is 0.909. The molecule has 0 radical (unpaired) electrons. The van der Waals surface area contributed by atoms with Crippen LogP contribution in [-0.4, -0.2) is 58.2 Å². The lowest BCUT2D eigenvalue weighted by Gasteiger charge is -2.36. The smallest absolute Gasteiger partial charge is 0.264 e. The summed E-state index contributed by atoms with van der Waals surface area (Å²) in [6.45, 7) is 4.88. The van der Waals surface area contributed by atoms with Crippen molar-refractivity contribution in [2.45, 2.75) is 31.8 Å². The van der Waals surface area contributed by atoms with Crippen LogP contribution in [0.3, 0.4) is 0 Å². The van der Waals surface area contributed by atoms with E-state index in [1.807, 2.05) is 29.3 Å². The van der Waals surface area contributed by atoms with E-state index in [1.54, 1.807) is 0 Å². The van der Waals surface area contributed by atoms with E-state index < -0.39 is 0 Å². The number of aromatic nitrogens is 2. The summed E-state index contributed by atoms with van der Waals surface area (Å²) in [6, 6.07) is 5.85. The van der Waals surface area contributed by atoms with Gasteiger partial charge in [-0.1, -0.05) is 6.07 Å². The molecule has 0 spiro atoms. The van der Waals surface area contributed by atoms with Crippen LogP contribution in [0.4, 0.5) is 5.82 Å². The van der Waals surface area contributed by atoms with Crippen molar-refractivity contribution >= 4 is 23.1 Å². The van der Waals surface area contributed by atoms with Crippen LogP contribution >= 0.6 is 11.3 Å². The maximum atomic E-state index is 12.4. The predicted molar refractivity (Wildman–Crippen MR) is 97.2 cm³/mol. The summed E-state index contributed by atoms with van der Waals surface area (Å²) in [7, 11) is 0. The topological polar surface area (TPSA) is 69.6 Å². The Kier molecular flexibility index (Phi) is 4.43. The first-order valence-corrected chi connectivity index (χ1v) is 9.59. The maximum absolute atomic E-state index is 12.4. The van der Waals surface area contributed by atoms with Crippen LogP contribution < -0.4 is 4.90 Å². The van der Waals surface area contributed by atoms with Gasteiger partial charge in [0.15, 0.2) is 0 Å². The molecule has 7 heteroatoms. The third kappa shape index (κ3) is 3.39. The van der Waals surface area contributed by atoms with Gasteiger partial charge in [-0.05, 0) is 31.2 Å². The number of carbonyl (C=O) groups is 1. The zero-order chi connectivity index (χ0) is 17.4. The fourth-order valence-electron chi connectivity index (χ4n) is 3.47. The highest BCUT2D eigenvalue weighted by molar-refractivity contribution is 7.12. The van der Waals surface area contributed by atoms with Crippen LogP contribution in [-0.2, 0) is 0 Å². The van der Waals surface area contributed by atoms with E-state index in [0.717, 1.165) is 48.1 Å². The van der Waals surface area contributed by atoms with E-state index in [-0.39, 0.29) is 12.0 Å². The summed E-state index contributed by atoms with van der Waals surface area (Å²) in [4.78, 5) is 26.5. The number of piperazine rings is 1. The summed E-state index contributed by atoms with van der Waals surface area (Å²) in [5.74, 6) is 2.17. The van der Waals surface area contributed by atoms with Crippen LogP contribution in [0.15, 0.2) is 23.6 Å². The summed E-state index contributed by atoms with van der Waals surface area (Å²) in [5.41, 5.74) is 1.03. The van der Waals surface area contributed by atoms with Gasteiger partial charge in [-0.2, -0.15) is 0 Å². The van der Waals surface area contributed by atoms with Crippen molar-refractivity contribution in [1.29, 1.82) is 0 Å². The molecule has 2 aromatic rings. The number of carbonyl (C=O) groups excluding carboxylic acids is 1. The van der Waals surface area contributed by atoms with Crippen molar-refractivity contribution in [3.05, 3.63) is 40.0 Å². The molecule has 0 unspecified atom stereocenters. The number of hydrogen-bond acceptors (Lipinski definition) is 6. The first kappa shape index (κ1) is 16.5. The highest BCUT2D eigenvalue weighted by Gasteiger charge is 2.31. The SMILES string of the molecule is Cc1nc(C2CC(O)C2)cc(N2CCN(C(=O)c3cccs3)CC2)n1. The van der Waals surface area contributed by atoms with E-state index in [2.05, 4.69) is 20.9 Å². The number of aryl methyl sites for hydroxylation is 1. The minimum Gasteiger partial charge on any atom is -0.393 e. The van der Waals surface area contributed by atoms with E-state index in [4.69, 9.17) is 0 Å². The number of aliphatic hydroxyl groups excluding tert-OH is 1. The van der Waals surface area contributed by atoms with Gasteiger partial charge in [0, 0.05) is 43.9 Å². The first-order valence-electron chi connectivity index (χ1n) is 8.71. The van der Waals surface area contributed by atoms with Gasteiger partial charge in [0.2, 0.25) is 0 Å². The number of amides is 1. The molecule has 2 fully saturated rings. The third-order valence-electron chi connectivity index (χ3n) is 5.00. The van der Waals surface area contributed by atoms with Gasteiger partial charge in [0.05, 0.1) is 11.0 Å². The highest BCUT2D eigenvalue weighted by Crippen LogP contribution is 2.36. The van der Waals surface area contributed by atoms with Crippen LogP contribution in [0.25, 0.3) is 0 Å². The molecule has 1 N–H and O–H groups in total. The van der Waals surface area contributed by atoms with Crippen molar-refractivity contribution in [3.8, 4) is 0 Å². The fraction of sp³-hybridized carbons (Fsp3) is 0.500. The monoisotopic (exact) mass is 358 g/mol. The molecule has 2 aromatic heterocycles. The van der Waals surface area contributed by atoms with E-state index >= 15 is 0 Å². The van der Waals surface area contributed by atoms with Gasteiger partial charge < -0.3 is 14.9 Å². The van der Waals surface area contributed by atoms with Crippen LogP contribution in [0.1, 0.15) is 39.9 Å². The molecule has 1 saturated heterocycles. The van der Waals surface area contributed by atoms with Gasteiger partial charge in [0.25, 0.3) is 5.91 Å². The second-order valence-corrected chi connectivity index (χ2v) is 7.72. The molecular weight excluding hydrogens is 336 g/mol. The molecule has 1 amide bonds. The number of anilines is 1. The molecule has 1 aliphatic heterocycles. The third-order valence-corrected chi connectivity index (χ3v) is 5.86. The number of nitrogens with zero attached hydrogens (tertiary/aromatic N) is 4. The lowest BCUT2D eigenvalue weighted by molar-refractivity contribution is 0.0731. The molecule has 3 heterocycles. The Balaban J connectivity index is 1.43. The highest BCUT2D eigenvalue weighted by atomic mass is 32.1. The Morgan fingerprint density at radius 1 is 1.24 bits per heavy atom. The summed E-state index contributed by atoms with van der Waals surface area (Å²) < 4.78 is 0. The summed E-state index contributed by atoms with van der Waals surface area (Å²) in [6.07, 6.45) is 1.40. The van der Waals surface area contributed by atoms with Crippen molar-refractivity contribution < 1.29 is 9.90 Å². The largest absolute Gasteiger partial charge is 0.393 e. The molecule has 0 atom stereocenters. The first-order chi connectivity index (χ1) is 12.1. The average Bonchev–Trinajstić information content (AvgIpc) is 3.12. The molecule has 1 aliphatic carbocycles. The van der Waals surface area contributed by atoms with Gasteiger partial charge in [-0.15, -0.1) is 11.3 Å². The van der Waals surface area contributed by atoms with Crippen LogP contribution in [0.2, 0.25) is 0 Å². The average molecular weight is 358 g/mol. The van der Waals surface area contributed by atoms with E-state index in [0.29, 0.717) is 19.0 Å². The molecule has 2 aliphatic rings. The second kappa shape index (κ2) is 6.72. The lowest BCUT2D eigenvalue weighted by atomic mass is 9.80. The molecule has 132 valence electrons. The molecule has 1 saturated carbocycles. The Labute approximate surface area is 151 Å². The zero-order valence-electron chi connectivity index (χ0n) is 14.3. The molecule has 6 nitrogen and oxygen atoms in total. The minimum absolute atomic E-state index is 0.123. The second-order valence-electron chi connectivity index (χ2n) is 6.78. The van der Waals surface area contributed by atoms with Crippen molar-refractivity contribution in [2.24, 2.45) is 0 Å². The van der Waals surface area contributed by atoms with Gasteiger partial charge in [-0.3, -0.25) is 4.79 Å². The van der Waals surface area contributed by atoms with E-state index in [9.17, 15) is 9.90 Å². The Morgan fingerprint density at radius 3 is 2.64 bits per heavy atom. The maximum Gasteiger partial charge on any atom is 0.264 e. The van der Waals surface area contributed by atoms with Gasteiger partial charge >= 0.3 is 0 Å². The van der Waals surface area contributed by atoms with Gasteiger partial charge in [0.1, 0.15) is 11.6 Å². The van der Waals surface area contributed by atoms with E-state index in [1.165, 1.54) is 11.3 Å². The minimum atomic E-state index is -0.185. The molecule has 25 heavy (non-hydrogen) atoms. The zero-order valence-corrected chi connectivity index (χ0v) is 15.1. The van der Waals surface area contributed by atoms with Crippen molar-refractivity contribution in [1.82, 2.24) is 14.9 Å². The van der Waals surface area contributed by atoms with Gasteiger partial charge in [-0.25, -0.2) is 9.97 Å². The Morgan fingerprint density at radius 2 is 2.00 bits per heavy atom. The summed E-state index contributed by atoms with van der Waals surface area (Å²) >= 11 is 1.49. The van der Waals surface area contributed by atoms with Crippen LogP contribution in [0, 0.1) is 6.92 Å². The van der Waals surface area contributed by atoms with Crippen molar-refractivity contribution in [3.63, 3.8) is 0 Å². The lowest BCUT2D eigenvalue weighted by Crippen LogP contribution is -2.49. The predicted octanol–water partition coefficient (Wildman–Crippen LogP) is 2.05. The van der Waals surface area contributed by atoms with Crippen LogP contribution in [0.5, 0.6) is 0 Å². The normalized spacial score (nSPS) is 23.4. The standard InChI is InChI=1S/C18H22N4O2S/c1-12-19-15(13-9-14(23)10-13)11-17(20-12)21-4-6-22(7-5-21)18(24)16-3-2-8-25-16/h2-3,8,11,13-14,23H,4-7,9-10H2,1H3. The fourth-order valence-corrected chi connectivity index (χ4v) is 4.16. The number of rotatable bonds is 3. The number of thiophene rings is 1.